The summed E-state index contributed by atoms with van der Waals surface area (Å²) in [6.45, 7) is 8.63. The molecule has 0 aliphatic heterocycles. The first-order valence-electron chi connectivity index (χ1n) is 5.98. The third-order valence-electron chi connectivity index (χ3n) is 2.73. The molecule has 0 amide bonds. The topological polar surface area (TPSA) is 29.5 Å². The van der Waals surface area contributed by atoms with Gasteiger partial charge >= 0.3 is 5.97 Å². The van der Waals surface area contributed by atoms with E-state index in [1.807, 2.05) is 6.92 Å². The number of esters is 1. The molecule has 0 saturated carbocycles. The van der Waals surface area contributed by atoms with Gasteiger partial charge in [-0.25, -0.2) is 0 Å². The summed E-state index contributed by atoms with van der Waals surface area (Å²) in [6, 6.07) is 0. The van der Waals surface area contributed by atoms with Crippen molar-refractivity contribution in [3.05, 3.63) is 0 Å². The maximum atomic E-state index is 11.1. The van der Waals surface area contributed by atoms with Gasteiger partial charge in [0.1, 0.15) is 0 Å². The second-order valence-corrected chi connectivity index (χ2v) is 4.00. The zero-order chi connectivity index (χ0) is 11.7. The van der Waals surface area contributed by atoms with E-state index in [1.54, 1.807) is 0 Å². The number of nitrogens with zero attached hydrogens (tertiary/aromatic N) is 1. The van der Waals surface area contributed by atoms with Crippen LogP contribution in [-0.4, -0.2) is 37.6 Å². The first-order valence-corrected chi connectivity index (χ1v) is 5.98. The number of rotatable bonds is 8. The normalized spacial score (nSPS) is 11.1. The predicted octanol–water partition coefficient (Wildman–Crippen LogP) is 2.31. The average Bonchev–Trinajstić information content (AvgIpc) is 2.23. The fourth-order valence-electron chi connectivity index (χ4n) is 1.59. The van der Waals surface area contributed by atoms with Crippen LogP contribution >= 0.6 is 0 Å². The molecule has 0 aliphatic carbocycles. The zero-order valence-corrected chi connectivity index (χ0v) is 10.6. The summed E-state index contributed by atoms with van der Waals surface area (Å²) < 4.78 is 4.88. The molecule has 0 bridgehead atoms. The van der Waals surface area contributed by atoms with Crippen molar-refractivity contribution in [3.8, 4) is 0 Å². The van der Waals surface area contributed by atoms with Crippen molar-refractivity contribution in [1.82, 2.24) is 4.90 Å². The highest BCUT2D eigenvalue weighted by Crippen LogP contribution is 2.08. The first kappa shape index (κ1) is 14.4. The van der Waals surface area contributed by atoms with Crippen LogP contribution in [0.2, 0.25) is 0 Å². The molecule has 0 aromatic carbocycles. The SMILES string of the molecule is CCOC(=O)CCN(C)CC(CC)CC. The molecule has 0 heterocycles. The molecular formula is C12H25NO2. The Hall–Kier alpha value is -0.570. The summed E-state index contributed by atoms with van der Waals surface area (Å²) in [5.74, 6) is 0.658. The van der Waals surface area contributed by atoms with Crippen LogP contribution in [0.5, 0.6) is 0 Å². The van der Waals surface area contributed by atoms with Crippen LogP contribution in [0.3, 0.4) is 0 Å². The zero-order valence-electron chi connectivity index (χ0n) is 10.6. The van der Waals surface area contributed by atoms with E-state index in [-0.39, 0.29) is 5.97 Å². The van der Waals surface area contributed by atoms with Crippen LogP contribution < -0.4 is 0 Å². The minimum absolute atomic E-state index is 0.0890. The number of carbonyl (C=O) groups is 1. The van der Waals surface area contributed by atoms with E-state index in [2.05, 4.69) is 25.8 Å². The van der Waals surface area contributed by atoms with Crippen LogP contribution in [0.15, 0.2) is 0 Å². The van der Waals surface area contributed by atoms with Crippen molar-refractivity contribution < 1.29 is 9.53 Å². The van der Waals surface area contributed by atoms with Gasteiger partial charge in [-0.2, -0.15) is 0 Å². The number of carbonyl (C=O) groups excluding carboxylic acids is 1. The van der Waals surface area contributed by atoms with Crippen LogP contribution in [0.4, 0.5) is 0 Å². The van der Waals surface area contributed by atoms with Gasteiger partial charge in [0.15, 0.2) is 0 Å². The molecule has 90 valence electrons. The Morgan fingerprint density at radius 1 is 1.27 bits per heavy atom. The first-order chi connectivity index (χ1) is 7.13. The van der Waals surface area contributed by atoms with Crippen LogP contribution in [0.1, 0.15) is 40.0 Å². The van der Waals surface area contributed by atoms with Gasteiger partial charge in [0.05, 0.1) is 13.0 Å². The van der Waals surface area contributed by atoms with Gasteiger partial charge in [-0.3, -0.25) is 4.79 Å². The predicted molar refractivity (Wildman–Crippen MR) is 62.8 cm³/mol. The second kappa shape index (κ2) is 8.72. The Bertz CT molecular complexity index is 167. The van der Waals surface area contributed by atoms with Crippen molar-refractivity contribution in [2.75, 3.05) is 26.7 Å². The van der Waals surface area contributed by atoms with Crippen molar-refractivity contribution in [3.63, 3.8) is 0 Å². The molecule has 3 nitrogen and oxygen atoms in total. The number of hydrogen-bond donors (Lipinski definition) is 0. The summed E-state index contributed by atoms with van der Waals surface area (Å²) in [7, 11) is 2.07. The van der Waals surface area contributed by atoms with Gasteiger partial charge in [0.2, 0.25) is 0 Å². The second-order valence-electron chi connectivity index (χ2n) is 4.00. The Balaban J connectivity index is 3.64. The van der Waals surface area contributed by atoms with E-state index in [0.29, 0.717) is 13.0 Å². The molecule has 0 atom stereocenters. The third kappa shape index (κ3) is 7.37. The smallest absolute Gasteiger partial charge is 0.307 e. The Morgan fingerprint density at radius 2 is 1.87 bits per heavy atom. The Kier molecular flexibility index (Phi) is 8.38. The van der Waals surface area contributed by atoms with E-state index in [4.69, 9.17) is 4.74 Å². The van der Waals surface area contributed by atoms with E-state index in [0.717, 1.165) is 19.0 Å². The summed E-state index contributed by atoms with van der Waals surface area (Å²) in [5.41, 5.74) is 0. The summed E-state index contributed by atoms with van der Waals surface area (Å²) in [4.78, 5) is 13.3. The molecule has 0 N–H and O–H groups in total. The highest BCUT2D eigenvalue weighted by atomic mass is 16.5. The van der Waals surface area contributed by atoms with E-state index in [1.165, 1.54) is 12.8 Å². The lowest BCUT2D eigenvalue weighted by Gasteiger charge is -2.21. The maximum absolute atomic E-state index is 11.1. The highest BCUT2D eigenvalue weighted by Gasteiger charge is 2.09. The molecule has 0 fully saturated rings. The fourth-order valence-corrected chi connectivity index (χ4v) is 1.59. The van der Waals surface area contributed by atoms with Crippen molar-refractivity contribution in [2.24, 2.45) is 5.92 Å². The Morgan fingerprint density at radius 3 is 2.33 bits per heavy atom. The van der Waals surface area contributed by atoms with E-state index in [9.17, 15) is 4.79 Å². The van der Waals surface area contributed by atoms with Crippen LogP contribution in [-0.2, 0) is 9.53 Å². The van der Waals surface area contributed by atoms with Gasteiger partial charge in [-0.05, 0) is 19.9 Å². The molecule has 0 rings (SSSR count). The largest absolute Gasteiger partial charge is 0.466 e. The quantitative estimate of drug-likeness (QED) is 0.582. The minimum Gasteiger partial charge on any atom is -0.466 e. The number of hydrogen-bond acceptors (Lipinski definition) is 3. The maximum Gasteiger partial charge on any atom is 0.307 e. The molecular weight excluding hydrogens is 190 g/mol. The van der Waals surface area contributed by atoms with Gasteiger partial charge < -0.3 is 9.64 Å². The van der Waals surface area contributed by atoms with Crippen molar-refractivity contribution in [1.29, 1.82) is 0 Å². The summed E-state index contributed by atoms with van der Waals surface area (Å²) >= 11 is 0. The monoisotopic (exact) mass is 215 g/mol. The lowest BCUT2D eigenvalue weighted by Crippen LogP contribution is -2.28. The van der Waals surface area contributed by atoms with Crippen molar-refractivity contribution >= 4 is 5.97 Å². The Labute approximate surface area is 93.8 Å². The minimum atomic E-state index is -0.0890. The standard InChI is InChI=1S/C12H25NO2/c1-5-11(6-2)10-13(4)9-8-12(14)15-7-3/h11H,5-10H2,1-4H3. The third-order valence-corrected chi connectivity index (χ3v) is 2.73. The van der Waals surface area contributed by atoms with Gasteiger partial charge in [-0.15, -0.1) is 0 Å². The van der Waals surface area contributed by atoms with Gasteiger partial charge in [0.25, 0.3) is 0 Å². The van der Waals surface area contributed by atoms with Crippen LogP contribution in [0.25, 0.3) is 0 Å². The van der Waals surface area contributed by atoms with E-state index < -0.39 is 0 Å². The lowest BCUT2D eigenvalue weighted by atomic mass is 10.0. The summed E-state index contributed by atoms with van der Waals surface area (Å²) in [6.07, 6.45) is 2.92. The molecule has 0 aromatic heterocycles. The van der Waals surface area contributed by atoms with Gasteiger partial charge in [0, 0.05) is 13.1 Å². The molecule has 0 spiro atoms. The fraction of sp³-hybridized carbons (Fsp3) is 0.917. The van der Waals surface area contributed by atoms with Gasteiger partial charge in [-0.1, -0.05) is 26.7 Å². The highest BCUT2D eigenvalue weighted by molar-refractivity contribution is 5.69. The molecule has 3 heteroatoms. The average molecular weight is 215 g/mol. The lowest BCUT2D eigenvalue weighted by molar-refractivity contribution is -0.143. The number of ether oxygens (including phenoxy) is 1. The van der Waals surface area contributed by atoms with Crippen molar-refractivity contribution in [2.45, 2.75) is 40.0 Å². The molecule has 0 aliphatic rings. The van der Waals surface area contributed by atoms with E-state index >= 15 is 0 Å². The summed E-state index contributed by atoms with van der Waals surface area (Å²) in [5, 5.41) is 0. The molecule has 0 unspecified atom stereocenters. The molecule has 0 aromatic rings. The molecule has 0 saturated heterocycles. The van der Waals surface area contributed by atoms with Crippen LogP contribution in [0, 0.1) is 5.92 Å². The molecule has 0 radical (unpaired) electrons. The molecule has 15 heavy (non-hydrogen) atoms.